The number of nitrogens with zero attached hydrogens (tertiary/aromatic N) is 2. The van der Waals surface area contributed by atoms with Crippen molar-refractivity contribution in [3.05, 3.63) is 30.1 Å². The fourth-order valence-corrected chi connectivity index (χ4v) is 2.21. The van der Waals surface area contributed by atoms with Crippen LogP contribution in [0.4, 0.5) is 0 Å². The summed E-state index contributed by atoms with van der Waals surface area (Å²) in [6, 6.07) is 5.74. The minimum absolute atomic E-state index is 0.0331. The molecule has 5 heteroatoms. The fourth-order valence-electron chi connectivity index (χ4n) is 2.21. The smallest absolute Gasteiger partial charge is 0.247 e. The number of carbonyl (C=O) groups excluding carboxylic acids is 2. The predicted molar refractivity (Wildman–Crippen MR) is 71.4 cm³/mol. The van der Waals surface area contributed by atoms with Gasteiger partial charge in [-0.15, -0.1) is 0 Å². The van der Waals surface area contributed by atoms with E-state index >= 15 is 0 Å². The third-order valence-electron chi connectivity index (χ3n) is 3.25. The summed E-state index contributed by atoms with van der Waals surface area (Å²) in [6.45, 7) is 4.55. The Kier molecular flexibility index (Phi) is 3.83. The van der Waals surface area contributed by atoms with Gasteiger partial charge in [0.2, 0.25) is 11.8 Å². The molecule has 0 aliphatic carbocycles. The van der Waals surface area contributed by atoms with E-state index in [4.69, 9.17) is 0 Å². The van der Waals surface area contributed by atoms with E-state index in [1.54, 1.807) is 24.9 Å². The molecule has 0 atom stereocenters. The SMILES string of the molecule is CC1(C)NC(=O)CCN(CCc2ccccn2)C1=O. The van der Waals surface area contributed by atoms with Gasteiger partial charge in [-0.1, -0.05) is 6.07 Å². The van der Waals surface area contributed by atoms with Crippen molar-refractivity contribution >= 4 is 11.8 Å². The van der Waals surface area contributed by atoms with E-state index in [2.05, 4.69) is 10.3 Å². The molecule has 0 saturated carbocycles. The Hall–Kier alpha value is -1.91. The zero-order valence-corrected chi connectivity index (χ0v) is 11.3. The zero-order valence-electron chi connectivity index (χ0n) is 11.3. The molecule has 0 radical (unpaired) electrons. The molecule has 19 heavy (non-hydrogen) atoms. The summed E-state index contributed by atoms with van der Waals surface area (Å²) >= 11 is 0. The number of pyridine rings is 1. The summed E-state index contributed by atoms with van der Waals surface area (Å²) < 4.78 is 0. The molecule has 1 aliphatic heterocycles. The second-order valence-corrected chi connectivity index (χ2v) is 5.29. The molecule has 1 N–H and O–H groups in total. The van der Waals surface area contributed by atoms with Gasteiger partial charge in [-0.05, 0) is 26.0 Å². The van der Waals surface area contributed by atoms with Crippen molar-refractivity contribution in [2.75, 3.05) is 13.1 Å². The molecule has 2 heterocycles. The Balaban J connectivity index is 2.03. The normalized spacial score (nSPS) is 18.9. The Morgan fingerprint density at radius 3 is 2.84 bits per heavy atom. The summed E-state index contributed by atoms with van der Waals surface area (Å²) in [5.41, 5.74) is 0.133. The van der Waals surface area contributed by atoms with Gasteiger partial charge in [0.15, 0.2) is 0 Å². The van der Waals surface area contributed by atoms with Crippen molar-refractivity contribution in [3.8, 4) is 0 Å². The van der Waals surface area contributed by atoms with Gasteiger partial charge in [-0.2, -0.15) is 0 Å². The number of carbonyl (C=O) groups is 2. The number of amides is 2. The maximum atomic E-state index is 12.3. The van der Waals surface area contributed by atoms with E-state index in [9.17, 15) is 9.59 Å². The average molecular weight is 261 g/mol. The van der Waals surface area contributed by atoms with Gasteiger partial charge >= 0.3 is 0 Å². The summed E-state index contributed by atoms with van der Waals surface area (Å²) in [5, 5.41) is 2.75. The number of hydrogen-bond donors (Lipinski definition) is 1. The standard InChI is InChI=1S/C14H19N3O2/c1-14(2)13(19)17(10-7-12(18)16-14)9-6-11-5-3-4-8-15-11/h3-5,8H,6-7,9-10H2,1-2H3,(H,16,18). The lowest BCUT2D eigenvalue weighted by atomic mass is 10.0. The van der Waals surface area contributed by atoms with Gasteiger partial charge in [-0.25, -0.2) is 0 Å². The van der Waals surface area contributed by atoms with Crippen LogP contribution in [0.15, 0.2) is 24.4 Å². The van der Waals surface area contributed by atoms with Crippen LogP contribution >= 0.6 is 0 Å². The van der Waals surface area contributed by atoms with Crippen molar-refractivity contribution in [2.45, 2.75) is 32.2 Å². The molecule has 1 aromatic rings. The van der Waals surface area contributed by atoms with Crippen LogP contribution < -0.4 is 5.32 Å². The van der Waals surface area contributed by atoms with Crippen LogP contribution in [0.1, 0.15) is 26.0 Å². The Bertz CT molecular complexity index is 471. The third-order valence-corrected chi connectivity index (χ3v) is 3.25. The van der Waals surface area contributed by atoms with Crippen LogP contribution in [0.25, 0.3) is 0 Å². The zero-order chi connectivity index (χ0) is 13.9. The first kappa shape index (κ1) is 13.5. The number of rotatable bonds is 3. The van der Waals surface area contributed by atoms with E-state index in [0.717, 1.165) is 5.69 Å². The van der Waals surface area contributed by atoms with E-state index in [1.165, 1.54) is 0 Å². The minimum Gasteiger partial charge on any atom is -0.342 e. The molecule has 5 nitrogen and oxygen atoms in total. The van der Waals surface area contributed by atoms with E-state index in [0.29, 0.717) is 25.9 Å². The molecular formula is C14H19N3O2. The summed E-state index contributed by atoms with van der Waals surface area (Å²) in [5.74, 6) is -0.104. The van der Waals surface area contributed by atoms with Crippen molar-refractivity contribution in [2.24, 2.45) is 0 Å². The molecule has 0 spiro atoms. The maximum Gasteiger partial charge on any atom is 0.247 e. The van der Waals surface area contributed by atoms with Crippen LogP contribution in [-0.4, -0.2) is 40.3 Å². The van der Waals surface area contributed by atoms with E-state index < -0.39 is 5.54 Å². The topological polar surface area (TPSA) is 62.3 Å². The van der Waals surface area contributed by atoms with Gasteiger partial charge in [-0.3, -0.25) is 14.6 Å². The highest BCUT2D eigenvalue weighted by atomic mass is 16.2. The molecule has 2 rings (SSSR count). The molecule has 1 fully saturated rings. The number of aromatic nitrogens is 1. The molecule has 0 aromatic carbocycles. The molecule has 1 aromatic heterocycles. The summed E-state index contributed by atoms with van der Waals surface area (Å²) in [4.78, 5) is 29.9. The average Bonchev–Trinajstić information content (AvgIpc) is 2.47. The van der Waals surface area contributed by atoms with Gasteiger partial charge in [0.25, 0.3) is 0 Å². The number of hydrogen-bond acceptors (Lipinski definition) is 3. The highest BCUT2D eigenvalue weighted by molar-refractivity contribution is 5.92. The molecule has 1 saturated heterocycles. The van der Waals surface area contributed by atoms with Crippen LogP contribution in [0.3, 0.4) is 0 Å². The van der Waals surface area contributed by atoms with E-state index in [1.807, 2.05) is 18.2 Å². The predicted octanol–water partition coefficient (Wildman–Crippen LogP) is 0.751. The van der Waals surface area contributed by atoms with Gasteiger partial charge in [0.1, 0.15) is 5.54 Å². The lowest BCUT2D eigenvalue weighted by Gasteiger charge is -2.28. The maximum absolute atomic E-state index is 12.3. The van der Waals surface area contributed by atoms with Crippen molar-refractivity contribution in [1.82, 2.24) is 15.2 Å². The van der Waals surface area contributed by atoms with Crippen LogP contribution in [0.5, 0.6) is 0 Å². The Labute approximate surface area is 113 Å². The second kappa shape index (κ2) is 5.38. The molecule has 0 unspecified atom stereocenters. The van der Waals surface area contributed by atoms with Crippen LogP contribution in [-0.2, 0) is 16.0 Å². The summed E-state index contributed by atoms with van der Waals surface area (Å²) in [7, 11) is 0. The quantitative estimate of drug-likeness (QED) is 0.873. The van der Waals surface area contributed by atoms with Crippen molar-refractivity contribution < 1.29 is 9.59 Å². The Morgan fingerprint density at radius 2 is 2.16 bits per heavy atom. The van der Waals surface area contributed by atoms with Gasteiger partial charge in [0.05, 0.1) is 0 Å². The van der Waals surface area contributed by atoms with Crippen molar-refractivity contribution in [3.63, 3.8) is 0 Å². The molecule has 102 valence electrons. The first-order valence-corrected chi connectivity index (χ1v) is 6.49. The van der Waals surface area contributed by atoms with Crippen LogP contribution in [0.2, 0.25) is 0 Å². The first-order valence-electron chi connectivity index (χ1n) is 6.49. The van der Waals surface area contributed by atoms with Crippen LogP contribution in [0, 0.1) is 0 Å². The van der Waals surface area contributed by atoms with Gasteiger partial charge < -0.3 is 10.2 Å². The highest BCUT2D eigenvalue weighted by Gasteiger charge is 2.36. The molecular weight excluding hydrogens is 242 g/mol. The molecule has 1 aliphatic rings. The van der Waals surface area contributed by atoms with Gasteiger partial charge in [0, 0.05) is 37.8 Å². The monoisotopic (exact) mass is 261 g/mol. The lowest BCUT2D eigenvalue weighted by molar-refractivity contribution is -0.137. The highest BCUT2D eigenvalue weighted by Crippen LogP contribution is 2.13. The summed E-state index contributed by atoms with van der Waals surface area (Å²) in [6.07, 6.45) is 2.81. The first-order chi connectivity index (χ1) is 8.99. The minimum atomic E-state index is -0.822. The Morgan fingerprint density at radius 1 is 1.37 bits per heavy atom. The second-order valence-electron chi connectivity index (χ2n) is 5.29. The largest absolute Gasteiger partial charge is 0.342 e. The molecule has 2 amide bonds. The van der Waals surface area contributed by atoms with Crippen molar-refractivity contribution in [1.29, 1.82) is 0 Å². The number of nitrogens with one attached hydrogen (secondary N) is 1. The molecule has 0 bridgehead atoms. The lowest BCUT2D eigenvalue weighted by Crippen LogP contribution is -2.53. The fraction of sp³-hybridized carbons (Fsp3) is 0.500. The van der Waals surface area contributed by atoms with E-state index in [-0.39, 0.29) is 11.8 Å². The third kappa shape index (κ3) is 3.30.